The van der Waals surface area contributed by atoms with E-state index >= 15 is 0 Å². The zero-order valence-electron chi connectivity index (χ0n) is 15.0. The lowest BCUT2D eigenvalue weighted by molar-refractivity contribution is -0.128. The van der Waals surface area contributed by atoms with Crippen molar-refractivity contribution in [2.24, 2.45) is 10.4 Å². The number of amides is 1. The molecule has 8 heteroatoms. The zero-order chi connectivity index (χ0) is 17.5. The molecule has 1 unspecified atom stereocenters. The second kappa shape index (κ2) is 10.2. The van der Waals surface area contributed by atoms with Gasteiger partial charge in [-0.1, -0.05) is 0 Å². The van der Waals surface area contributed by atoms with E-state index in [0.717, 1.165) is 5.56 Å². The number of nitrogens with one attached hydrogen (secondary N) is 3. The predicted molar refractivity (Wildman–Crippen MR) is 111 cm³/mol. The third-order valence-corrected chi connectivity index (χ3v) is 4.24. The smallest absolute Gasteiger partial charge is 0.227 e. The molecule has 0 bridgehead atoms. The third kappa shape index (κ3) is 6.94. The van der Waals surface area contributed by atoms with Crippen molar-refractivity contribution in [3.63, 3.8) is 0 Å². The van der Waals surface area contributed by atoms with E-state index in [1.165, 1.54) is 0 Å². The minimum atomic E-state index is -0.980. The van der Waals surface area contributed by atoms with Gasteiger partial charge in [-0.15, -0.1) is 24.0 Å². The van der Waals surface area contributed by atoms with Gasteiger partial charge in [-0.3, -0.25) is 9.79 Å². The van der Waals surface area contributed by atoms with Crippen molar-refractivity contribution in [3.05, 3.63) is 22.4 Å². The van der Waals surface area contributed by atoms with Gasteiger partial charge in [0, 0.05) is 13.6 Å². The number of hydrogen-bond acceptors (Lipinski definition) is 4. The van der Waals surface area contributed by atoms with E-state index in [1.54, 1.807) is 25.3 Å². The summed E-state index contributed by atoms with van der Waals surface area (Å²) in [5.41, 5.74) is -0.698. The van der Waals surface area contributed by atoms with E-state index in [-0.39, 0.29) is 29.9 Å². The van der Waals surface area contributed by atoms with Crippen molar-refractivity contribution in [2.45, 2.75) is 33.3 Å². The summed E-state index contributed by atoms with van der Waals surface area (Å²) in [7, 11) is 1.62. The summed E-state index contributed by atoms with van der Waals surface area (Å²) in [5, 5.41) is 23.3. The number of rotatable bonds is 7. The fourth-order valence-electron chi connectivity index (χ4n) is 1.96. The van der Waals surface area contributed by atoms with E-state index in [9.17, 15) is 9.90 Å². The highest BCUT2D eigenvalue weighted by atomic mass is 127. The minimum Gasteiger partial charge on any atom is -0.384 e. The second-order valence-corrected chi connectivity index (χ2v) is 7.08. The lowest BCUT2D eigenvalue weighted by atomic mass is 9.93. The predicted octanol–water partition coefficient (Wildman–Crippen LogP) is 1.90. The van der Waals surface area contributed by atoms with Crippen LogP contribution in [-0.4, -0.2) is 43.7 Å². The standard InChI is InChI=1S/C16H28N4O2S.HI/c1-6-18-14(19-10-15(2,3)13(21)17-5)20-11-16(4,22)12-7-8-23-9-12;/h7-9,22H,6,10-11H2,1-5H3,(H,17,21)(H2,18,19,20);1H. The van der Waals surface area contributed by atoms with E-state index in [4.69, 9.17) is 0 Å². The molecule has 0 radical (unpaired) electrons. The molecule has 1 aromatic heterocycles. The van der Waals surface area contributed by atoms with Crippen LogP contribution in [0.1, 0.15) is 33.3 Å². The molecule has 0 aliphatic carbocycles. The molecule has 1 atom stereocenters. The van der Waals surface area contributed by atoms with Crippen molar-refractivity contribution < 1.29 is 9.90 Å². The highest BCUT2D eigenvalue weighted by molar-refractivity contribution is 14.0. The molecule has 138 valence electrons. The molecule has 0 aliphatic heterocycles. The highest BCUT2D eigenvalue weighted by Gasteiger charge is 2.27. The first kappa shape index (κ1) is 23.1. The van der Waals surface area contributed by atoms with Crippen molar-refractivity contribution in [3.8, 4) is 0 Å². The summed E-state index contributed by atoms with van der Waals surface area (Å²) in [6.45, 7) is 8.81. The van der Waals surface area contributed by atoms with Crippen LogP contribution in [0.25, 0.3) is 0 Å². The normalized spacial score (nSPS) is 14.3. The number of carbonyl (C=O) groups is 1. The Bertz CT molecular complexity index is 530. The van der Waals surface area contributed by atoms with Crippen LogP contribution in [0.15, 0.2) is 21.8 Å². The molecule has 1 amide bonds. The van der Waals surface area contributed by atoms with E-state index in [0.29, 0.717) is 25.6 Å². The minimum absolute atomic E-state index is 0. The summed E-state index contributed by atoms with van der Waals surface area (Å²) in [4.78, 5) is 16.3. The maximum Gasteiger partial charge on any atom is 0.227 e. The van der Waals surface area contributed by atoms with Gasteiger partial charge in [-0.05, 0) is 50.1 Å². The fraction of sp³-hybridized carbons (Fsp3) is 0.625. The molecule has 0 saturated heterocycles. The van der Waals surface area contributed by atoms with Gasteiger partial charge in [0.1, 0.15) is 5.60 Å². The lowest BCUT2D eigenvalue weighted by Crippen LogP contribution is -2.45. The summed E-state index contributed by atoms with van der Waals surface area (Å²) in [6.07, 6.45) is 0. The average molecular weight is 468 g/mol. The Kier molecular flexibility index (Phi) is 9.83. The van der Waals surface area contributed by atoms with E-state index in [2.05, 4.69) is 20.9 Å². The Morgan fingerprint density at radius 2 is 2.00 bits per heavy atom. The Hall–Kier alpha value is -0.870. The lowest BCUT2D eigenvalue weighted by Gasteiger charge is -2.25. The quantitative estimate of drug-likeness (QED) is 0.280. The van der Waals surface area contributed by atoms with Crippen LogP contribution >= 0.6 is 35.3 Å². The van der Waals surface area contributed by atoms with E-state index < -0.39 is 11.0 Å². The monoisotopic (exact) mass is 468 g/mol. The molecule has 6 nitrogen and oxygen atoms in total. The van der Waals surface area contributed by atoms with Gasteiger partial charge in [-0.25, -0.2) is 0 Å². The van der Waals surface area contributed by atoms with Gasteiger partial charge in [-0.2, -0.15) is 11.3 Å². The van der Waals surface area contributed by atoms with Gasteiger partial charge in [0.05, 0.1) is 18.5 Å². The average Bonchev–Trinajstić information content (AvgIpc) is 3.04. The first-order valence-electron chi connectivity index (χ1n) is 7.72. The largest absolute Gasteiger partial charge is 0.384 e. The second-order valence-electron chi connectivity index (χ2n) is 6.30. The van der Waals surface area contributed by atoms with Gasteiger partial charge in [0.15, 0.2) is 5.96 Å². The van der Waals surface area contributed by atoms with Crippen LogP contribution in [-0.2, 0) is 10.4 Å². The van der Waals surface area contributed by atoms with E-state index in [1.807, 2.05) is 37.6 Å². The number of aliphatic imine (C=N–C) groups is 1. The number of hydrogen-bond donors (Lipinski definition) is 4. The summed E-state index contributed by atoms with van der Waals surface area (Å²) < 4.78 is 0. The van der Waals surface area contributed by atoms with Crippen LogP contribution in [0, 0.1) is 5.41 Å². The van der Waals surface area contributed by atoms with Crippen molar-refractivity contribution in [1.29, 1.82) is 0 Å². The van der Waals surface area contributed by atoms with Gasteiger partial charge >= 0.3 is 0 Å². The highest BCUT2D eigenvalue weighted by Crippen LogP contribution is 2.22. The Balaban J connectivity index is 0.00000529. The Morgan fingerprint density at radius 3 is 2.50 bits per heavy atom. The molecule has 0 fully saturated rings. The topological polar surface area (TPSA) is 85.8 Å². The number of nitrogens with zero attached hydrogens (tertiary/aromatic N) is 1. The number of thiophene rings is 1. The van der Waals surface area contributed by atoms with Gasteiger partial charge in [0.25, 0.3) is 0 Å². The summed E-state index contributed by atoms with van der Waals surface area (Å²) >= 11 is 1.55. The Labute approximate surface area is 165 Å². The van der Waals surface area contributed by atoms with Gasteiger partial charge in [0.2, 0.25) is 5.91 Å². The molecule has 1 rings (SSSR count). The number of carbonyl (C=O) groups excluding carboxylic acids is 1. The Morgan fingerprint density at radius 1 is 1.33 bits per heavy atom. The molecule has 0 aliphatic rings. The molecular weight excluding hydrogens is 439 g/mol. The van der Waals surface area contributed by atoms with Crippen LogP contribution in [0.4, 0.5) is 0 Å². The molecular formula is C16H29IN4O2S. The van der Waals surface area contributed by atoms with Crippen LogP contribution in [0.3, 0.4) is 0 Å². The zero-order valence-corrected chi connectivity index (χ0v) is 18.1. The SMILES string of the molecule is CCNC(=NCC(C)(C)C(=O)NC)NCC(C)(O)c1ccsc1.I. The summed E-state index contributed by atoms with van der Waals surface area (Å²) in [5.74, 6) is 0.530. The van der Waals surface area contributed by atoms with Crippen LogP contribution in [0.5, 0.6) is 0 Å². The number of halogens is 1. The molecule has 4 N–H and O–H groups in total. The van der Waals surface area contributed by atoms with Crippen molar-refractivity contribution in [2.75, 3.05) is 26.7 Å². The fourth-order valence-corrected chi connectivity index (χ4v) is 2.74. The maximum absolute atomic E-state index is 11.8. The van der Waals surface area contributed by atoms with Crippen LogP contribution in [0.2, 0.25) is 0 Å². The first-order chi connectivity index (χ1) is 10.7. The molecule has 0 spiro atoms. The first-order valence-corrected chi connectivity index (χ1v) is 8.66. The van der Waals surface area contributed by atoms with Crippen molar-refractivity contribution in [1.82, 2.24) is 16.0 Å². The van der Waals surface area contributed by atoms with Gasteiger partial charge < -0.3 is 21.1 Å². The van der Waals surface area contributed by atoms with Crippen LogP contribution < -0.4 is 16.0 Å². The maximum atomic E-state index is 11.8. The molecule has 1 aromatic rings. The summed E-state index contributed by atoms with van der Waals surface area (Å²) in [6, 6.07) is 1.91. The van der Waals surface area contributed by atoms with Crippen molar-refractivity contribution >= 4 is 47.2 Å². The number of aliphatic hydroxyl groups is 1. The molecule has 24 heavy (non-hydrogen) atoms. The molecule has 0 saturated carbocycles. The number of guanidine groups is 1. The molecule has 1 heterocycles. The molecule has 0 aromatic carbocycles. The third-order valence-electron chi connectivity index (χ3n) is 3.56.